The van der Waals surface area contributed by atoms with Gasteiger partial charge in [0.25, 0.3) is 0 Å². The molecule has 2 unspecified atom stereocenters. The van der Waals surface area contributed by atoms with E-state index in [9.17, 15) is 4.79 Å². The van der Waals surface area contributed by atoms with Crippen LogP contribution in [-0.4, -0.2) is 47.2 Å². The second-order valence-electron chi connectivity index (χ2n) is 4.77. The molecule has 2 atom stereocenters. The van der Waals surface area contributed by atoms with Gasteiger partial charge in [-0.15, -0.1) is 0 Å². The molecule has 1 saturated carbocycles. The summed E-state index contributed by atoms with van der Waals surface area (Å²) in [4.78, 5) is 13.1. The minimum absolute atomic E-state index is 0.294. The smallest absolute Gasteiger partial charge is 0.303 e. The van der Waals surface area contributed by atoms with Gasteiger partial charge in [0.1, 0.15) is 0 Å². The van der Waals surface area contributed by atoms with Crippen LogP contribution in [0.3, 0.4) is 0 Å². The quantitative estimate of drug-likeness (QED) is 0.719. The van der Waals surface area contributed by atoms with Crippen molar-refractivity contribution in [2.24, 2.45) is 0 Å². The zero-order valence-electron chi connectivity index (χ0n) is 9.28. The molecule has 0 spiro atoms. The minimum atomic E-state index is -0.677. The Labute approximate surface area is 90.6 Å². The second-order valence-corrected chi connectivity index (χ2v) is 4.77. The maximum Gasteiger partial charge on any atom is 0.303 e. The van der Waals surface area contributed by atoms with Crippen LogP contribution in [0.2, 0.25) is 0 Å². The monoisotopic (exact) mass is 212 g/mol. The van der Waals surface area contributed by atoms with Gasteiger partial charge in [-0.25, -0.2) is 0 Å². The third-order valence-corrected chi connectivity index (χ3v) is 3.41. The summed E-state index contributed by atoms with van der Waals surface area (Å²) in [5, 5.41) is 12.1. The summed E-state index contributed by atoms with van der Waals surface area (Å²) in [6.07, 6.45) is 3.67. The number of piperazine rings is 1. The molecule has 15 heavy (non-hydrogen) atoms. The molecule has 0 aromatic heterocycles. The number of aliphatic carboxylic acids is 1. The van der Waals surface area contributed by atoms with Crippen molar-refractivity contribution >= 4 is 5.97 Å². The van der Waals surface area contributed by atoms with E-state index in [4.69, 9.17) is 5.11 Å². The maximum atomic E-state index is 10.6. The van der Waals surface area contributed by atoms with E-state index in [0.29, 0.717) is 18.5 Å². The number of carbonyl (C=O) groups is 1. The van der Waals surface area contributed by atoms with Crippen LogP contribution in [0.15, 0.2) is 0 Å². The Morgan fingerprint density at radius 3 is 2.80 bits per heavy atom. The topological polar surface area (TPSA) is 52.6 Å². The van der Waals surface area contributed by atoms with Gasteiger partial charge in [-0.3, -0.25) is 9.69 Å². The lowest BCUT2D eigenvalue weighted by atomic mass is 10.0. The molecule has 2 rings (SSSR count). The predicted molar refractivity (Wildman–Crippen MR) is 57.9 cm³/mol. The summed E-state index contributed by atoms with van der Waals surface area (Å²) in [5.41, 5.74) is 0. The third-order valence-electron chi connectivity index (χ3n) is 3.41. The summed E-state index contributed by atoms with van der Waals surface area (Å²) in [7, 11) is 0. The summed E-state index contributed by atoms with van der Waals surface area (Å²) in [6, 6.07) is 1.73. The Kier molecular flexibility index (Phi) is 3.26. The molecule has 4 heteroatoms. The van der Waals surface area contributed by atoms with E-state index in [2.05, 4.69) is 17.1 Å². The molecule has 1 saturated heterocycles. The first-order valence-electron chi connectivity index (χ1n) is 5.88. The molecule has 2 aliphatic rings. The standard InChI is InChI=1S/C11H20N2O2/c1-8-6-12-7-10(4-5-11(14)15)13(8)9-2-3-9/h8-10,12H,2-7H2,1H3,(H,14,15). The van der Waals surface area contributed by atoms with E-state index in [0.717, 1.165) is 25.6 Å². The Bertz CT molecular complexity index is 241. The van der Waals surface area contributed by atoms with E-state index >= 15 is 0 Å². The molecule has 1 aliphatic carbocycles. The summed E-state index contributed by atoms with van der Waals surface area (Å²) >= 11 is 0. The molecule has 0 aromatic rings. The fourth-order valence-corrected chi connectivity index (χ4v) is 2.60. The van der Waals surface area contributed by atoms with Gasteiger partial charge < -0.3 is 10.4 Å². The van der Waals surface area contributed by atoms with Gasteiger partial charge in [0.2, 0.25) is 0 Å². The van der Waals surface area contributed by atoms with Crippen LogP contribution in [-0.2, 0) is 4.79 Å². The fourth-order valence-electron chi connectivity index (χ4n) is 2.60. The zero-order chi connectivity index (χ0) is 10.8. The second kappa shape index (κ2) is 4.49. The van der Waals surface area contributed by atoms with Gasteiger partial charge >= 0.3 is 5.97 Å². The number of nitrogens with one attached hydrogen (secondary N) is 1. The van der Waals surface area contributed by atoms with Crippen LogP contribution < -0.4 is 5.32 Å². The van der Waals surface area contributed by atoms with Gasteiger partial charge in [0, 0.05) is 37.6 Å². The van der Waals surface area contributed by atoms with E-state index in [1.165, 1.54) is 12.8 Å². The van der Waals surface area contributed by atoms with Gasteiger partial charge in [0.05, 0.1) is 0 Å². The first-order chi connectivity index (χ1) is 7.18. The highest BCUT2D eigenvalue weighted by Crippen LogP contribution is 2.32. The minimum Gasteiger partial charge on any atom is -0.481 e. The third kappa shape index (κ3) is 2.69. The molecule has 0 bridgehead atoms. The van der Waals surface area contributed by atoms with Gasteiger partial charge in [-0.2, -0.15) is 0 Å². The van der Waals surface area contributed by atoms with Crippen LogP contribution in [0.4, 0.5) is 0 Å². The van der Waals surface area contributed by atoms with E-state index in [1.54, 1.807) is 0 Å². The number of rotatable bonds is 4. The highest BCUT2D eigenvalue weighted by Gasteiger charge is 2.38. The molecular formula is C11H20N2O2. The molecule has 1 aliphatic heterocycles. The van der Waals surface area contributed by atoms with Crippen molar-refractivity contribution in [1.29, 1.82) is 0 Å². The van der Waals surface area contributed by atoms with Crippen molar-refractivity contribution in [3.8, 4) is 0 Å². The molecule has 86 valence electrons. The molecule has 0 radical (unpaired) electrons. The summed E-state index contributed by atoms with van der Waals surface area (Å²) in [5.74, 6) is -0.677. The molecule has 4 nitrogen and oxygen atoms in total. The van der Waals surface area contributed by atoms with Crippen LogP contribution in [0.5, 0.6) is 0 Å². The number of hydrogen-bond acceptors (Lipinski definition) is 3. The molecular weight excluding hydrogens is 192 g/mol. The van der Waals surface area contributed by atoms with E-state index in [1.807, 2.05) is 0 Å². The van der Waals surface area contributed by atoms with Gasteiger partial charge in [-0.05, 0) is 26.2 Å². The first-order valence-corrected chi connectivity index (χ1v) is 5.88. The highest BCUT2D eigenvalue weighted by molar-refractivity contribution is 5.66. The Morgan fingerprint density at radius 1 is 1.47 bits per heavy atom. The molecule has 2 N–H and O–H groups in total. The number of carboxylic acid groups (broad SMARTS) is 1. The van der Waals surface area contributed by atoms with E-state index in [-0.39, 0.29) is 0 Å². The van der Waals surface area contributed by atoms with Crippen molar-refractivity contribution in [3.63, 3.8) is 0 Å². The van der Waals surface area contributed by atoms with Crippen molar-refractivity contribution < 1.29 is 9.90 Å². The molecule has 0 amide bonds. The normalized spacial score (nSPS) is 32.9. The Hall–Kier alpha value is -0.610. The first kappa shape index (κ1) is 10.9. The fraction of sp³-hybridized carbons (Fsp3) is 0.909. The lowest BCUT2D eigenvalue weighted by Crippen LogP contribution is -2.57. The SMILES string of the molecule is CC1CNCC(CCC(=O)O)N1C1CC1. The lowest BCUT2D eigenvalue weighted by Gasteiger charge is -2.41. The average Bonchev–Trinajstić information content (AvgIpc) is 2.98. The van der Waals surface area contributed by atoms with Crippen molar-refractivity contribution in [2.75, 3.05) is 13.1 Å². The van der Waals surface area contributed by atoms with E-state index < -0.39 is 5.97 Å². The van der Waals surface area contributed by atoms with Crippen LogP contribution >= 0.6 is 0 Å². The average molecular weight is 212 g/mol. The molecule has 0 aromatic carbocycles. The summed E-state index contributed by atoms with van der Waals surface area (Å²) in [6.45, 7) is 4.23. The summed E-state index contributed by atoms with van der Waals surface area (Å²) < 4.78 is 0. The van der Waals surface area contributed by atoms with Crippen LogP contribution in [0.25, 0.3) is 0 Å². The highest BCUT2D eigenvalue weighted by atomic mass is 16.4. The molecule has 2 fully saturated rings. The largest absolute Gasteiger partial charge is 0.481 e. The Morgan fingerprint density at radius 2 is 2.20 bits per heavy atom. The molecule has 1 heterocycles. The van der Waals surface area contributed by atoms with Crippen molar-refractivity contribution in [1.82, 2.24) is 10.2 Å². The Balaban J connectivity index is 1.91. The van der Waals surface area contributed by atoms with Crippen LogP contribution in [0.1, 0.15) is 32.6 Å². The van der Waals surface area contributed by atoms with Gasteiger partial charge in [0.15, 0.2) is 0 Å². The maximum absolute atomic E-state index is 10.6. The number of carboxylic acids is 1. The van der Waals surface area contributed by atoms with Gasteiger partial charge in [-0.1, -0.05) is 0 Å². The van der Waals surface area contributed by atoms with Crippen molar-refractivity contribution in [2.45, 2.75) is 50.7 Å². The predicted octanol–water partition coefficient (Wildman–Crippen LogP) is 0.676. The van der Waals surface area contributed by atoms with Crippen LogP contribution in [0, 0.1) is 0 Å². The van der Waals surface area contributed by atoms with Crippen molar-refractivity contribution in [3.05, 3.63) is 0 Å². The number of nitrogens with zero attached hydrogens (tertiary/aromatic N) is 1. The lowest BCUT2D eigenvalue weighted by molar-refractivity contribution is -0.137. The number of hydrogen-bond donors (Lipinski definition) is 2. The zero-order valence-corrected chi connectivity index (χ0v) is 9.28.